The zero-order valence-corrected chi connectivity index (χ0v) is 30.1. The molecule has 53 heavy (non-hydrogen) atoms. The number of benzene rings is 7. The Labute approximate surface area is 311 Å². The van der Waals surface area contributed by atoms with Crippen LogP contribution in [-0.4, -0.2) is 4.57 Å². The van der Waals surface area contributed by atoms with Crippen molar-refractivity contribution in [2.75, 3.05) is 4.90 Å². The molecule has 2 aliphatic carbocycles. The summed E-state index contributed by atoms with van der Waals surface area (Å²) in [7, 11) is 0. The average molecular weight is 681 g/mol. The van der Waals surface area contributed by atoms with Crippen molar-refractivity contribution >= 4 is 44.4 Å². The first-order valence-electron chi connectivity index (χ1n) is 18.7. The second-order valence-corrected chi connectivity index (χ2v) is 14.9. The molecule has 0 spiro atoms. The summed E-state index contributed by atoms with van der Waals surface area (Å²) in [5, 5.41) is 2.56. The Morgan fingerprint density at radius 2 is 1.13 bits per heavy atom. The van der Waals surface area contributed by atoms with Gasteiger partial charge in [0.2, 0.25) is 0 Å². The molecule has 2 aliphatic rings. The molecule has 8 aromatic rings. The number of hydrogen-bond donors (Lipinski definition) is 0. The highest BCUT2D eigenvalue weighted by Crippen LogP contribution is 2.54. The van der Waals surface area contributed by atoms with Crippen LogP contribution in [-0.2, 0) is 5.41 Å². The van der Waals surface area contributed by atoms with Crippen LogP contribution in [0, 0.1) is 0 Å². The number of nitrogens with zero attached hydrogens (tertiary/aromatic N) is 2. The molecule has 0 amide bonds. The van der Waals surface area contributed by atoms with E-state index >= 15 is 0 Å². The summed E-state index contributed by atoms with van der Waals surface area (Å²) in [5.41, 5.74) is 17.6. The minimum atomic E-state index is -0.00289. The number of allylic oxidation sites excluding steroid dienone is 4. The van der Waals surface area contributed by atoms with Crippen molar-refractivity contribution < 1.29 is 0 Å². The van der Waals surface area contributed by atoms with Crippen molar-refractivity contribution in [1.82, 2.24) is 4.57 Å². The zero-order chi connectivity index (χ0) is 35.5. The molecule has 0 aliphatic heterocycles. The molecule has 0 radical (unpaired) electrons. The third-order valence-corrected chi connectivity index (χ3v) is 11.5. The van der Waals surface area contributed by atoms with Crippen LogP contribution in [0.15, 0.2) is 188 Å². The minimum Gasteiger partial charge on any atom is -0.310 e. The molecule has 254 valence electrons. The van der Waals surface area contributed by atoms with E-state index in [2.05, 4.69) is 205 Å². The van der Waals surface area contributed by atoms with Gasteiger partial charge in [-0.2, -0.15) is 0 Å². The second kappa shape index (κ2) is 12.4. The fourth-order valence-corrected chi connectivity index (χ4v) is 8.94. The van der Waals surface area contributed by atoms with E-state index in [1.807, 2.05) is 0 Å². The van der Waals surface area contributed by atoms with Gasteiger partial charge in [0.1, 0.15) is 0 Å². The van der Waals surface area contributed by atoms with Crippen molar-refractivity contribution in [2.45, 2.75) is 32.1 Å². The van der Waals surface area contributed by atoms with E-state index in [4.69, 9.17) is 0 Å². The smallest absolute Gasteiger partial charge is 0.0622 e. The van der Waals surface area contributed by atoms with E-state index in [0.29, 0.717) is 0 Å². The van der Waals surface area contributed by atoms with E-state index in [0.717, 1.165) is 29.9 Å². The van der Waals surface area contributed by atoms with Gasteiger partial charge in [0.15, 0.2) is 0 Å². The molecule has 2 heteroatoms. The number of rotatable bonds is 6. The van der Waals surface area contributed by atoms with Crippen molar-refractivity contribution in [3.05, 3.63) is 199 Å². The number of aromatic nitrogens is 1. The van der Waals surface area contributed by atoms with Crippen LogP contribution in [0.25, 0.3) is 55.3 Å². The lowest BCUT2D eigenvalue weighted by atomic mass is 9.78. The van der Waals surface area contributed by atoms with Gasteiger partial charge < -0.3 is 9.47 Å². The van der Waals surface area contributed by atoms with Gasteiger partial charge in [-0.3, -0.25) is 0 Å². The highest BCUT2D eigenvalue weighted by Gasteiger charge is 2.39. The fourth-order valence-electron chi connectivity index (χ4n) is 8.94. The van der Waals surface area contributed by atoms with Gasteiger partial charge in [0.05, 0.1) is 11.0 Å². The van der Waals surface area contributed by atoms with E-state index in [1.165, 1.54) is 66.4 Å². The van der Waals surface area contributed by atoms with Gasteiger partial charge >= 0.3 is 0 Å². The zero-order valence-electron chi connectivity index (χ0n) is 30.1. The largest absolute Gasteiger partial charge is 0.310 e. The fraction of sp³-hybridized carbons (Fsp3) is 0.0980. The van der Waals surface area contributed by atoms with Crippen LogP contribution in [0.2, 0.25) is 0 Å². The number of para-hydroxylation sites is 2. The van der Waals surface area contributed by atoms with Gasteiger partial charge in [-0.15, -0.1) is 0 Å². The van der Waals surface area contributed by atoms with E-state index in [9.17, 15) is 0 Å². The minimum absolute atomic E-state index is 0.00289. The molecule has 1 heterocycles. The lowest BCUT2D eigenvalue weighted by Gasteiger charge is -2.27. The molecule has 0 saturated heterocycles. The molecule has 10 rings (SSSR count). The van der Waals surface area contributed by atoms with E-state index < -0.39 is 0 Å². The first-order valence-corrected chi connectivity index (χ1v) is 18.7. The first kappa shape index (κ1) is 31.4. The number of anilines is 3. The molecule has 0 atom stereocenters. The SMILES string of the molecule is CC1(C)C2=C(C=CCC2)c2c1ccc1c3ccc(N(c4ccccc4)c4cc(-c5ccccc5)cc(-c5ccccc5)c4)cc3n(-c3ccccc3)c21. The van der Waals surface area contributed by atoms with Crippen LogP contribution in [0.4, 0.5) is 17.1 Å². The Morgan fingerprint density at radius 1 is 0.528 bits per heavy atom. The lowest BCUT2D eigenvalue weighted by Crippen LogP contribution is -2.17. The summed E-state index contributed by atoms with van der Waals surface area (Å²) in [5.74, 6) is 0. The average Bonchev–Trinajstić information content (AvgIpc) is 3.67. The van der Waals surface area contributed by atoms with Gasteiger partial charge in [-0.25, -0.2) is 0 Å². The third kappa shape index (κ3) is 5.09. The summed E-state index contributed by atoms with van der Waals surface area (Å²) in [6.07, 6.45) is 6.98. The maximum atomic E-state index is 2.53. The predicted octanol–water partition coefficient (Wildman–Crippen LogP) is 14.0. The Balaban J connectivity index is 1.26. The summed E-state index contributed by atoms with van der Waals surface area (Å²) in [6, 6.07) is 62.0. The van der Waals surface area contributed by atoms with Crippen LogP contribution >= 0.6 is 0 Å². The van der Waals surface area contributed by atoms with Crippen molar-refractivity contribution in [3.63, 3.8) is 0 Å². The summed E-state index contributed by atoms with van der Waals surface area (Å²) < 4.78 is 2.53. The molecule has 1 aromatic heterocycles. The van der Waals surface area contributed by atoms with Crippen LogP contribution in [0.1, 0.15) is 37.8 Å². The molecule has 0 fully saturated rings. The third-order valence-electron chi connectivity index (χ3n) is 11.5. The van der Waals surface area contributed by atoms with Gasteiger partial charge in [-0.1, -0.05) is 147 Å². The van der Waals surface area contributed by atoms with Crippen LogP contribution in [0.3, 0.4) is 0 Å². The lowest BCUT2D eigenvalue weighted by molar-refractivity contribution is 0.607. The first-order chi connectivity index (χ1) is 26.1. The number of fused-ring (bicyclic) bond motifs is 6. The van der Waals surface area contributed by atoms with Crippen LogP contribution in [0.5, 0.6) is 0 Å². The maximum absolute atomic E-state index is 2.53. The Morgan fingerprint density at radius 3 is 1.79 bits per heavy atom. The quantitative estimate of drug-likeness (QED) is 0.170. The summed E-state index contributed by atoms with van der Waals surface area (Å²) in [6.45, 7) is 4.83. The van der Waals surface area contributed by atoms with Crippen molar-refractivity contribution in [1.29, 1.82) is 0 Å². The van der Waals surface area contributed by atoms with Crippen molar-refractivity contribution in [2.24, 2.45) is 0 Å². The molecule has 0 N–H and O–H groups in total. The van der Waals surface area contributed by atoms with E-state index in [1.54, 1.807) is 5.57 Å². The molecular formula is C51H40N2. The summed E-state index contributed by atoms with van der Waals surface area (Å²) >= 11 is 0. The maximum Gasteiger partial charge on any atom is 0.0622 e. The van der Waals surface area contributed by atoms with Crippen molar-refractivity contribution in [3.8, 4) is 27.9 Å². The normalized spacial score (nSPS) is 14.5. The topological polar surface area (TPSA) is 8.17 Å². The molecule has 0 saturated carbocycles. The van der Waals surface area contributed by atoms with Crippen LogP contribution < -0.4 is 4.90 Å². The standard InChI is InChI=1S/C51H40N2/c1-51(2)46-26-16-15-25-45(46)49-47(51)30-29-44-43-28-27-41(34-48(43)53(50(44)49)40-23-13-6-14-24-40)52(39-21-11-5-12-22-39)42-32-37(35-17-7-3-8-18-35)31-38(33-42)36-19-9-4-10-20-36/h3-15,17-25,27-34H,16,26H2,1-2H3. The molecule has 2 nitrogen and oxygen atoms in total. The highest BCUT2D eigenvalue weighted by molar-refractivity contribution is 6.15. The monoisotopic (exact) mass is 680 g/mol. The van der Waals surface area contributed by atoms with Gasteiger partial charge in [-0.05, 0) is 101 Å². The van der Waals surface area contributed by atoms with Gasteiger partial charge in [0.25, 0.3) is 0 Å². The van der Waals surface area contributed by atoms with E-state index in [-0.39, 0.29) is 5.41 Å². The van der Waals surface area contributed by atoms with Gasteiger partial charge in [0, 0.05) is 44.5 Å². The molecule has 7 aromatic carbocycles. The molecule has 0 bridgehead atoms. The second-order valence-electron chi connectivity index (χ2n) is 14.9. The Hall–Kier alpha value is -6.38. The predicted molar refractivity (Wildman–Crippen MR) is 225 cm³/mol. The highest BCUT2D eigenvalue weighted by atomic mass is 15.1. The molecule has 0 unspecified atom stereocenters. The Bertz CT molecular complexity index is 2660. The molecular weight excluding hydrogens is 641 g/mol. The Kier molecular flexibility index (Phi) is 7.33. The summed E-state index contributed by atoms with van der Waals surface area (Å²) in [4.78, 5) is 2.42. The number of hydrogen-bond acceptors (Lipinski definition) is 1.